The van der Waals surface area contributed by atoms with Crippen LogP contribution in [0, 0.1) is 5.82 Å². The molecule has 1 N–H and O–H groups in total. The SMILES string of the molecule is CN1CCN(S(=O)(=O)c2cccc(NC(=O)/C=C/c3cc(Br)ccc3F)c2)CC1. The fourth-order valence-corrected chi connectivity index (χ4v) is 4.75. The van der Waals surface area contributed by atoms with E-state index in [0.29, 0.717) is 36.3 Å². The highest BCUT2D eigenvalue weighted by atomic mass is 79.9. The number of benzene rings is 2. The molecular formula is C20H21BrFN3O3S. The zero-order valence-electron chi connectivity index (χ0n) is 15.8. The van der Waals surface area contributed by atoms with E-state index in [2.05, 4.69) is 26.1 Å². The Morgan fingerprint density at radius 1 is 1.14 bits per heavy atom. The number of likely N-dealkylation sites (N-methyl/N-ethyl adjacent to an activating group) is 1. The van der Waals surface area contributed by atoms with Crippen LogP contribution in [0.5, 0.6) is 0 Å². The molecule has 0 atom stereocenters. The minimum absolute atomic E-state index is 0.127. The quantitative estimate of drug-likeness (QED) is 0.665. The second kappa shape index (κ2) is 9.17. The minimum atomic E-state index is -3.63. The highest BCUT2D eigenvalue weighted by Crippen LogP contribution is 2.21. The molecule has 1 heterocycles. The molecule has 1 fully saturated rings. The van der Waals surface area contributed by atoms with E-state index in [4.69, 9.17) is 0 Å². The Bertz CT molecular complexity index is 1040. The molecule has 2 aromatic rings. The van der Waals surface area contributed by atoms with E-state index in [1.807, 2.05) is 7.05 Å². The molecule has 0 bridgehead atoms. The number of hydrogen-bond acceptors (Lipinski definition) is 4. The lowest BCUT2D eigenvalue weighted by Crippen LogP contribution is -2.47. The summed E-state index contributed by atoms with van der Waals surface area (Å²) < 4.78 is 41.6. The summed E-state index contributed by atoms with van der Waals surface area (Å²) >= 11 is 3.26. The topological polar surface area (TPSA) is 69.7 Å². The third kappa shape index (κ3) is 5.51. The van der Waals surface area contributed by atoms with Crippen molar-refractivity contribution in [2.75, 3.05) is 38.5 Å². The average molecular weight is 482 g/mol. The van der Waals surface area contributed by atoms with Crippen molar-refractivity contribution in [3.05, 3.63) is 64.4 Å². The van der Waals surface area contributed by atoms with Gasteiger partial charge in [0.05, 0.1) is 4.90 Å². The first-order valence-corrected chi connectivity index (χ1v) is 11.2. The smallest absolute Gasteiger partial charge is 0.248 e. The second-order valence-electron chi connectivity index (χ2n) is 6.72. The molecule has 1 aliphatic heterocycles. The van der Waals surface area contributed by atoms with Crippen LogP contribution >= 0.6 is 15.9 Å². The Labute approximate surface area is 178 Å². The van der Waals surface area contributed by atoms with Crippen molar-refractivity contribution in [3.8, 4) is 0 Å². The molecule has 1 aliphatic rings. The molecular weight excluding hydrogens is 461 g/mol. The first-order chi connectivity index (χ1) is 13.8. The Morgan fingerprint density at radius 3 is 2.59 bits per heavy atom. The van der Waals surface area contributed by atoms with Crippen LogP contribution in [0.15, 0.2) is 57.9 Å². The van der Waals surface area contributed by atoms with Gasteiger partial charge in [0.2, 0.25) is 15.9 Å². The van der Waals surface area contributed by atoms with Crippen molar-refractivity contribution in [1.29, 1.82) is 0 Å². The first kappa shape index (κ1) is 21.6. The Kier molecular flexibility index (Phi) is 6.84. The summed E-state index contributed by atoms with van der Waals surface area (Å²) in [5.41, 5.74) is 0.616. The molecule has 0 aromatic heterocycles. The Balaban J connectivity index is 1.71. The first-order valence-electron chi connectivity index (χ1n) is 8.98. The minimum Gasteiger partial charge on any atom is -0.322 e. The largest absolute Gasteiger partial charge is 0.322 e. The summed E-state index contributed by atoms with van der Waals surface area (Å²) in [6, 6.07) is 10.6. The Morgan fingerprint density at radius 2 is 1.86 bits per heavy atom. The van der Waals surface area contributed by atoms with Gasteiger partial charge in [0.15, 0.2) is 0 Å². The van der Waals surface area contributed by atoms with Gasteiger partial charge in [-0.3, -0.25) is 4.79 Å². The molecule has 2 aromatic carbocycles. The zero-order chi connectivity index (χ0) is 21.0. The molecule has 9 heteroatoms. The molecule has 0 radical (unpaired) electrons. The van der Waals surface area contributed by atoms with Gasteiger partial charge in [-0.05, 0) is 49.5 Å². The summed E-state index contributed by atoms with van der Waals surface area (Å²) in [7, 11) is -1.67. The average Bonchev–Trinajstić information content (AvgIpc) is 2.69. The van der Waals surface area contributed by atoms with Gasteiger partial charge in [0.25, 0.3) is 0 Å². The van der Waals surface area contributed by atoms with E-state index < -0.39 is 21.7 Å². The van der Waals surface area contributed by atoms with E-state index in [1.54, 1.807) is 24.3 Å². The fraction of sp³-hybridized carbons (Fsp3) is 0.250. The summed E-state index contributed by atoms with van der Waals surface area (Å²) in [6.45, 7) is 2.20. The fourth-order valence-electron chi connectivity index (χ4n) is 2.90. The molecule has 3 rings (SSSR count). The lowest BCUT2D eigenvalue weighted by molar-refractivity contribution is -0.111. The Hall–Kier alpha value is -2.07. The second-order valence-corrected chi connectivity index (χ2v) is 9.58. The number of carbonyl (C=O) groups excluding carboxylic acids is 1. The van der Waals surface area contributed by atoms with Gasteiger partial charge in [0, 0.05) is 48.0 Å². The number of nitrogens with one attached hydrogen (secondary N) is 1. The van der Waals surface area contributed by atoms with Crippen LogP contribution in [0.1, 0.15) is 5.56 Å². The maximum absolute atomic E-state index is 13.8. The van der Waals surface area contributed by atoms with E-state index in [9.17, 15) is 17.6 Å². The third-order valence-corrected chi connectivity index (χ3v) is 6.96. The molecule has 0 unspecified atom stereocenters. The molecule has 6 nitrogen and oxygen atoms in total. The number of anilines is 1. The lowest BCUT2D eigenvalue weighted by Gasteiger charge is -2.31. The van der Waals surface area contributed by atoms with Crippen LogP contribution in [-0.4, -0.2) is 56.8 Å². The van der Waals surface area contributed by atoms with Crippen molar-refractivity contribution in [2.24, 2.45) is 0 Å². The number of amides is 1. The van der Waals surface area contributed by atoms with Crippen molar-refractivity contribution >= 4 is 43.6 Å². The normalized spacial score (nSPS) is 16.2. The van der Waals surface area contributed by atoms with Crippen LogP contribution in [0.3, 0.4) is 0 Å². The van der Waals surface area contributed by atoms with Crippen molar-refractivity contribution in [2.45, 2.75) is 4.90 Å². The van der Waals surface area contributed by atoms with Crippen molar-refractivity contribution in [1.82, 2.24) is 9.21 Å². The number of nitrogens with zero attached hydrogens (tertiary/aromatic N) is 2. The monoisotopic (exact) mass is 481 g/mol. The molecule has 29 heavy (non-hydrogen) atoms. The number of rotatable bonds is 5. The third-order valence-electron chi connectivity index (χ3n) is 4.57. The summed E-state index contributed by atoms with van der Waals surface area (Å²) in [4.78, 5) is 14.4. The van der Waals surface area contributed by atoms with Gasteiger partial charge in [-0.15, -0.1) is 0 Å². The van der Waals surface area contributed by atoms with Gasteiger partial charge in [-0.1, -0.05) is 22.0 Å². The predicted octanol–water partition coefficient (Wildman–Crippen LogP) is 3.18. The highest BCUT2D eigenvalue weighted by Gasteiger charge is 2.27. The summed E-state index contributed by atoms with van der Waals surface area (Å²) in [6.07, 6.45) is 2.56. The van der Waals surface area contributed by atoms with Gasteiger partial charge < -0.3 is 10.2 Å². The van der Waals surface area contributed by atoms with Crippen molar-refractivity contribution < 1.29 is 17.6 Å². The van der Waals surface area contributed by atoms with Crippen LogP contribution in [-0.2, 0) is 14.8 Å². The molecule has 154 valence electrons. The van der Waals surface area contributed by atoms with Crippen LogP contribution < -0.4 is 5.32 Å². The number of piperazine rings is 1. The van der Waals surface area contributed by atoms with E-state index in [-0.39, 0.29) is 10.5 Å². The number of sulfonamides is 1. The summed E-state index contributed by atoms with van der Waals surface area (Å²) in [5.74, 6) is -0.934. The molecule has 0 aliphatic carbocycles. The lowest BCUT2D eigenvalue weighted by atomic mass is 10.2. The number of hydrogen-bond donors (Lipinski definition) is 1. The predicted molar refractivity (Wildman–Crippen MR) is 114 cm³/mol. The molecule has 1 saturated heterocycles. The molecule has 0 spiro atoms. The molecule has 0 saturated carbocycles. The summed E-state index contributed by atoms with van der Waals surface area (Å²) in [5, 5.41) is 2.62. The van der Waals surface area contributed by atoms with E-state index in [0.717, 1.165) is 0 Å². The van der Waals surface area contributed by atoms with E-state index >= 15 is 0 Å². The van der Waals surface area contributed by atoms with Crippen LogP contribution in [0.4, 0.5) is 10.1 Å². The van der Waals surface area contributed by atoms with Crippen LogP contribution in [0.25, 0.3) is 6.08 Å². The van der Waals surface area contributed by atoms with Crippen LogP contribution in [0.2, 0.25) is 0 Å². The zero-order valence-corrected chi connectivity index (χ0v) is 18.2. The number of carbonyl (C=O) groups is 1. The van der Waals surface area contributed by atoms with Gasteiger partial charge >= 0.3 is 0 Å². The number of halogens is 2. The standard InChI is InChI=1S/C20H21BrFN3O3S/c1-24-9-11-25(12-10-24)29(27,28)18-4-2-3-17(14-18)23-20(26)8-5-15-13-16(21)6-7-19(15)22/h2-8,13-14H,9-12H2,1H3,(H,23,26)/b8-5+. The molecule has 1 amide bonds. The van der Waals surface area contributed by atoms with Crippen molar-refractivity contribution in [3.63, 3.8) is 0 Å². The maximum atomic E-state index is 13.8. The van der Waals surface area contributed by atoms with Gasteiger partial charge in [0.1, 0.15) is 5.82 Å². The maximum Gasteiger partial charge on any atom is 0.248 e. The highest BCUT2D eigenvalue weighted by molar-refractivity contribution is 9.10. The van der Waals surface area contributed by atoms with E-state index in [1.165, 1.54) is 34.7 Å². The van der Waals surface area contributed by atoms with Gasteiger partial charge in [-0.25, -0.2) is 12.8 Å². The van der Waals surface area contributed by atoms with Gasteiger partial charge in [-0.2, -0.15) is 4.31 Å².